The van der Waals surface area contributed by atoms with Crippen molar-refractivity contribution in [3.63, 3.8) is 0 Å². The molecule has 2 aromatic rings. The van der Waals surface area contributed by atoms with E-state index >= 15 is 0 Å². The number of hydrogen-bond donors (Lipinski definition) is 1. The first-order valence-electron chi connectivity index (χ1n) is 5.99. The molecule has 4 heteroatoms. The minimum absolute atomic E-state index is 0.387. The zero-order valence-electron chi connectivity index (χ0n) is 10.8. The Kier molecular flexibility index (Phi) is 4.73. The van der Waals surface area contributed by atoms with Gasteiger partial charge in [-0.2, -0.15) is 0 Å². The summed E-state index contributed by atoms with van der Waals surface area (Å²) in [4.78, 5) is 0. The highest BCUT2D eigenvalue weighted by atomic mass is 127. The fraction of sp³-hybridized carbons (Fsp3) is 0.200. The third-order valence-corrected chi connectivity index (χ3v) is 3.95. The van der Waals surface area contributed by atoms with Crippen LogP contribution in [0.3, 0.4) is 0 Å². The molecule has 0 amide bonds. The molecule has 0 aliphatic carbocycles. The predicted octanol–water partition coefficient (Wildman–Crippen LogP) is 5.55. The summed E-state index contributed by atoms with van der Waals surface area (Å²) >= 11 is 5.73. The Morgan fingerprint density at radius 3 is 2.42 bits per heavy atom. The molecule has 2 aromatic carbocycles. The van der Waals surface area contributed by atoms with Gasteiger partial charge in [0.25, 0.3) is 0 Å². The van der Waals surface area contributed by atoms with Crippen LogP contribution in [0.25, 0.3) is 0 Å². The Labute approximate surface area is 135 Å². The maximum atomic E-state index is 5.99. The van der Waals surface area contributed by atoms with Gasteiger partial charge in [-0.1, -0.05) is 29.8 Å². The summed E-state index contributed by atoms with van der Waals surface area (Å²) in [5.41, 5.74) is 7.80. The molecular weight excluding hydrogens is 417 g/mol. The maximum absolute atomic E-state index is 5.99. The van der Waals surface area contributed by atoms with Gasteiger partial charge in [0, 0.05) is 8.04 Å². The smallest absolute Gasteiger partial charge is 0.150 e. The molecule has 0 aliphatic rings. The number of halogens is 2. The van der Waals surface area contributed by atoms with Crippen LogP contribution in [-0.2, 0) is 0 Å². The highest BCUT2D eigenvalue weighted by molar-refractivity contribution is 14.1. The molecular formula is C15H15BrINO. The Bertz CT molecular complexity index is 599. The van der Waals surface area contributed by atoms with Crippen LogP contribution in [0.1, 0.15) is 25.3 Å². The zero-order chi connectivity index (χ0) is 14.0. The van der Waals surface area contributed by atoms with Crippen molar-refractivity contribution in [2.24, 2.45) is 0 Å². The van der Waals surface area contributed by atoms with E-state index in [0.717, 1.165) is 19.4 Å². The van der Waals surface area contributed by atoms with Crippen molar-refractivity contribution in [1.29, 1.82) is 0 Å². The lowest BCUT2D eigenvalue weighted by molar-refractivity contribution is 0.475. The number of nitrogen functional groups attached to an aromatic ring is 1. The average Bonchev–Trinajstić information content (AvgIpc) is 2.34. The van der Waals surface area contributed by atoms with Gasteiger partial charge < -0.3 is 10.5 Å². The minimum Gasteiger partial charge on any atom is -0.455 e. The van der Waals surface area contributed by atoms with Crippen molar-refractivity contribution in [2.75, 3.05) is 5.73 Å². The average molecular weight is 432 g/mol. The standard InChI is InChI=1S/C15H15BrINO/c1-9(2)12-7-10(16)3-5-14(12)19-15-6-4-11(17)8-13(15)18/h3-9H,18H2,1-2H3. The fourth-order valence-corrected chi connectivity index (χ4v) is 2.69. The molecule has 19 heavy (non-hydrogen) atoms. The third-order valence-electron chi connectivity index (χ3n) is 2.79. The van der Waals surface area contributed by atoms with Crippen LogP contribution in [0, 0.1) is 3.57 Å². The Balaban J connectivity index is 2.38. The molecule has 0 atom stereocenters. The summed E-state index contributed by atoms with van der Waals surface area (Å²) in [6, 6.07) is 11.8. The largest absolute Gasteiger partial charge is 0.455 e. The third kappa shape index (κ3) is 3.63. The van der Waals surface area contributed by atoms with Crippen LogP contribution in [-0.4, -0.2) is 0 Å². The van der Waals surface area contributed by atoms with Crippen LogP contribution in [0.15, 0.2) is 40.9 Å². The number of anilines is 1. The second-order valence-corrected chi connectivity index (χ2v) is 6.78. The van der Waals surface area contributed by atoms with Gasteiger partial charge in [-0.25, -0.2) is 0 Å². The summed E-state index contributed by atoms with van der Waals surface area (Å²) in [5, 5.41) is 0. The van der Waals surface area contributed by atoms with Gasteiger partial charge in [-0.05, 0) is 70.5 Å². The second-order valence-electron chi connectivity index (χ2n) is 4.62. The predicted molar refractivity (Wildman–Crippen MR) is 91.9 cm³/mol. The Morgan fingerprint density at radius 1 is 1.11 bits per heavy atom. The lowest BCUT2D eigenvalue weighted by atomic mass is 10.0. The van der Waals surface area contributed by atoms with Crippen molar-refractivity contribution in [1.82, 2.24) is 0 Å². The normalized spacial score (nSPS) is 10.8. The first-order valence-corrected chi connectivity index (χ1v) is 7.87. The summed E-state index contributed by atoms with van der Waals surface area (Å²) in [6.45, 7) is 4.29. The molecule has 0 saturated heterocycles. The fourth-order valence-electron chi connectivity index (χ4n) is 1.79. The highest BCUT2D eigenvalue weighted by Gasteiger charge is 2.11. The number of nitrogens with two attached hydrogens (primary N) is 1. The number of benzene rings is 2. The quantitative estimate of drug-likeness (QED) is 0.510. The van der Waals surface area contributed by atoms with Crippen molar-refractivity contribution in [3.8, 4) is 11.5 Å². The van der Waals surface area contributed by atoms with Crippen molar-refractivity contribution < 1.29 is 4.74 Å². The Hall–Kier alpha value is -0.750. The van der Waals surface area contributed by atoms with E-state index in [2.05, 4.69) is 58.4 Å². The SMILES string of the molecule is CC(C)c1cc(Br)ccc1Oc1ccc(I)cc1N. The van der Waals surface area contributed by atoms with E-state index < -0.39 is 0 Å². The van der Waals surface area contributed by atoms with Crippen LogP contribution in [0.5, 0.6) is 11.5 Å². The summed E-state index contributed by atoms with van der Waals surface area (Å²) < 4.78 is 8.12. The van der Waals surface area contributed by atoms with Gasteiger partial charge in [0.05, 0.1) is 5.69 Å². The zero-order valence-corrected chi connectivity index (χ0v) is 14.5. The molecule has 2 nitrogen and oxygen atoms in total. The molecule has 0 heterocycles. The van der Waals surface area contributed by atoms with E-state index in [9.17, 15) is 0 Å². The lowest BCUT2D eigenvalue weighted by Gasteiger charge is -2.15. The molecule has 100 valence electrons. The maximum Gasteiger partial charge on any atom is 0.150 e. The highest BCUT2D eigenvalue weighted by Crippen LogP contribution is 2.35. The molecule has 0 aromatic heterocycles. The molecule has 0 radical (unpaired) electrons. The molecule has 0 aliphatic heterocycles. The van der Waals surface area contributed by atoms with Gasteiger partial charge in [-0.3, -0.25) is 0 Å². The molecule has 0 fully saturated rings. The Morgan fingerprint density at radius 2 is 1.79 bits per heavy atom. The molecule has 2 rings (SSSR count). The first-order chi connectivity index (χ1) is 8.97. The van der Waals surface area contributed by atoms with E-state index in [4.69, 9.17) is 10.5 Å². The lowest BCUT2D eigenvalue weighted by Crippen LogP contribution is -1.97. The minimum atomic E-state index is 0.387. The second kappa shape index (κ2) is 6.13. The van der Waals surface area contributed by atoms with Crippen LogP contribution >= 0.6 is 38.5 Å². The number of rotatable bonds is 3. The van der Waals surface area contributed by atoms with Gasteiger partial charge >= 0.3 is 0 Å². The van der Waals surface area contributed by atoms with E-state index in [1.165, 1.54) is 0 Å². The van der Waals surface area contributed by atoms with Crippen LogP contribution in [0.4, 0.5) is 5.69 Å². The molecule has 0 bridgehead atoms. The summed E-state index contributed by atoms with van der Waals surface area (Å²) in [6.07, 6.45) is 0. The molecule has 0 unspecified atom stereocenters. The molecule has 2 N–H and O–H groups in total. The van der Waals surface area contributed by atoms with E-state index in [-0.39, 0.29) is 0 Å². The number of ether oxygens (including phenoxy) is 1. The molecule has 0 spiro atoms. The van der Waals surface area contributed by atoms with Gasteiger partial charge in [0.2, 0.25) is 0 Å². The molecule has 0 saturated carbocycles. The van der Waals surface area contributed by atoms with Crippen molar-refractivity contribution in [2.45, 2.75) is 19.8 Å². The van der Waals surface area contributed by atoms with E-state index in [0.29, 0.717) is 17.4 Å². The first kappa shape index (κ1) is 14.7. The summed E-state index contributed by atoms with van der Waals surface area (Å²) in [7, 11) is 0. The van der Waals surface area contributed by atoms with Gasteiger partial charge in [0.15, 0.2) is 0 Å². The number of hydrogen-bond acceptors (Lipinski definition) is 2. The monoisotopic (exact) mass is 431 g/mol. The van der Waals surface area contributed by atoms with E-state index in [1.54, 1.807) is 0 Å². The van der Waals surface area contributed by atoms with Crippen molar-refractivity contribution >= 4 is 44.2 Å². The summed E-state index contributed by atoms with van der Waals surface area (Å²) in [5.74, 6) is 1.94. The van der Waals surface area contributed by atoms with Crippen LogP contribution < -0.4 is 10.5 Å². The van der Waals surface area contributed by atoms with E-state index in [1.807, 2.05) is 30.3 Å². The van der Waals surface area contributed by atoms with Gasteiger partial charge in [0.1, 0.15) is 11.5 Å². The topological polar surface area (TPSA) is 35.2 Å². The van der Waals surface area contributed by atoms with Crippen molar-refractivity contribution in [3.05, 3.63) is 50.0 Å². The van der Waals surface area contributed by atoms with Crippen LogP contribution in [0.2, 0.25) is 0 Å². The van der Waals surface area contributed by atoms with Gasteiger partial charge in [-0.15, -0.1) is 0 Å².